The Bertz CT molecular complexity index is 86.1. The highest BCUT2D eigenvalue weighted by Crippen LogP contribution is 1.93. The zero-order valence-corrected chi connectivity index (χ0v) is 4.64. The lowest BCUT2D eigenvalue weighted by Gasteiger charge is -1.78. The van der Waals surface area contributed by atoms with Crippen molar-refractivity contribution in [3.63, 3.8) is 0 Å². The molecule has 0 bridgehead atoms. The van der Waals surface area contributed by atoms with Gasteiger partial charge in [-0.15, -0.1) is 4.91 Å². The Morgan fingerprint density at radius 1 is 1.86 bits per heavy atom. The van der Waals surface area contributed by atoms with Crippen molar-refractivity contribution in [3.05, 3.63) is 16.7 Å². The molecule has 7 heavy (non-hydrogen) atoms. The summed E-state index contributed by atoms with van der Waals surface area (Å²) in [6.07, 6.45) is 2.67. The molecule has 0 aromatic heterocycles. The van der Waals surface area contributed by atoms with Gasteiger partial charge in [0.2, 0.25) is 0 Å². The van der Waals surface area contributed by atoms with Crippen LogP contribution in [0.2, 0.25) is 0 Å². The number of rotatable bonds is 2. The summed E-state index contributed by atoms with van der Waals surface area (Å²) < 4.78 is 0. The van der Waals surface area contributed by atoms with E-state index in [-0.39, 0.29) is 0 Å². The summed E-state index contributed by atoms with van der Waals surface area (Å²) in [5.74, 6) is 0. The summed E-state index contributed by atoms with van der Waals surface area (Å²) in [7, 11) is 0. The number of nitroso groups, excluding NO2 is 1. The highest BCUT2D eigenvalue weighted by molar-refractivity contribution is 4.93. The number of allylic oxidation sites excluding steroid dienone is 2. The van der Waals surface area contributed by atoms with Gasteiger partial charge in [-0.3, -0.25) is 0 Å². The van der Waals surface area contributed by atoms with Crippen LogP contribution >= 0.6 is 0 Å². The second-order valence-corrected chi connectivity index (χ2v) is 1.35. The molecule has 0 aromatic carbocycles. The molecule has 0 spiro atoms. The summed E-state index contributed by atoms with van der Waals surface area (Å²) in [4.78, 5) is 9.58. The van der Waals surface area contributed by atoms with Crippen LogP contribution < -0.4 is 0 Å². The summed E-state index contributed by atoms with van der Waals surface area (Å²) in [5, 5.41) is 2.69. The molecule has 2 nitrogen and oxygen atoms in total. The normalized spacial score (nSPS) is 11.4. The van der Waals surface area contributed by atoms with E-state index in [4.69, 9.17) is 0 Å². The average Bonchev–Trinajstić information content (AvgIpc) is 1.68. The van der Waals surface area contributed by atoms with E-state index in [1.165, 1.54) is 0 Å². The molecule has 0 atom stereocenters. The molecule has 0 aliphatic carbocycles. The monoisotopic (exact) mass is 99.1 g/mol. The molecule has 0 fully saturated rings. The van der Waals surface area contributed by atoms with Gasteiger partial charge in [-0.05, 0) is 18.5 Å². The minimum absolute atomic E-state index is 0.572. The zero-order valence-electron chi connectivity index (χ0n) is 4.64. The maximum absolute atomic E-state index is 9.58. The van der Waals surface area contributed by atoms with Crippen molar-refractivity contribution in [2.45, 2.75) is 20.3 Å². The first-order valence-electron chi connectivity index (χ1n) is 2.31. The zero-order chi connectivity index (χ0) is 5.70. The van der Waals surface area contributed by atoms with Gasteiger partial charge in [0.15, 0.2) is 0 Å². The number of hydrogen-bond donors (Lipinski definition) is 0. The molecule has 0 amide bonds. The fourth-order valence-electron chi connectivity index (χ4n) is 0.333. The summed E-state index contributed by atoms with van der Waals surface area (Å²) in [5.41, 5.74) is 0.572. The quantitative estimate of drug-likeness (QED) is 0.487. The predicted molar refractivity (Wildman–Crippen MR) is 29.8 cm³/mol. The molecular weight excluding hydrogens is 90.1 g/mol. The van der Waals surface area contributed by atoms with E-state index in [1.807, 2.05) is 6.92 Å². The van der Waals surface area contributed by atoms with Crippen LogP contribution in [0.1, 0.15) is 20.3 Å². The summed E-state index contributed by atoms with van der Waals surface area (Å²) in [6.45, 7) is 3.66. The van der Waals surface area contributed by atoms with Crippen molar-refractivity contribution >= 4 is 0 Å². The van der Waals surface area contributed by atoms with Crippen molar-refractivity contribution in [3.8, 4) is 0 Å². The molecule has 0 N–H and O–H groups in total. The lowest BCUT2D eigenvalue weighted by atomic mass is 10.4. The van der Waals surface area contributed by atoms with E-state index in [9.17, 15) is 4.91 Å². The van der Waals surface area contributed by atoms with Crippen molar-refractivity contribution in [1.82, 2.24) is 0 Å². The van der Waals surface area contributed by atoms with Crippen LogP contribution in [0.3, 0.4) is 0 Å². The molecule has 0 rings (SSSR count). The largest absolute Gasteiger partial charge is 0.145 e. The third-order valence-electron chi connectivity index (χ3n) is 0.644. The van der Waals surface area contributed by atoms with Crippen molar-refractivity contribution in [1.29, 1.82) is 0 Å². The van der Waals surface area contributed by atoms with Crippen molar-refractivity contribution < 1.29 is 0 Å². The fraction of sp³-hybridized carbons (Fsp3) is 0.600. The van der Waals surface area contributed by atoms with Crippen molar-refractivity contribution in [2.24, 2.45) is 5.18 Å². The Labute approximate surface area is 43.2 Å². The van der Waals surface area contributed by atoms with Crippen molar-refractivity contribution in [2.75, 3.05) is 0 Å². The molecule has 0 saturated carbocycles. The molecule has 0 heterocycles. The van der Waals surface area contributed by atoms with Crippen LogP contribution in [-0.2, 0) is 0 Å². The minimum atomic E-state index is 0.572. The van der Waals surface area contributed by atoms with E-state index in [0.717, 1.165) is 6.42 Å². The Morgan fingerprint density at radius 2 is 2.43 bits per heavy atom. The Balaban J connectivity index is 3.49. The molecule has 0 radical (unpaired) electrons. The lowest BCUT2D eigenvalue weighted by molar-refractivity contribution is 1.15. The molecule has 0 saturated heterocycles. The molecule has 0 aromatic rings. The van der Waals surface area contributed by atoms with E-state index in [2.05, 4.69) is 5.18 Å². The van der Waals surface area contributed by atoms with E-state index in [1.54, 1.807) is 13.0 Å². The smallest absolute Gasteiger partial charge is 0.0778 e. The molecule has 2 heteroatoms. The van der Waals surface area contributed by atoms with Gasteiger partial charge in [0.1, 0.15) is 0 Å². The van der Waals surface area contributed by atoms with Gasteiger partial charge >= 0.3 is 0 Å². The minimum Gasteiger partial charge on any atom is -0.145 e. The summed E-state index contributed by atoms with van der Waals surface area (Å²) in [6, 6.07) is 0. The van der Waals surface area contributed by atoms with Gasteiger partial charge in [-0.1, -0.05) is 13.0 Å². The van der Waals surface area contributed by atoms with Crippen LogP contribution in [0, 0.1) is 4.91 Å². The van der Waals surface area contributed by atoms with Crippen LogP contribution in [0.5, 0.6) is 0 Å². The first-order chi connectivity index (χ1) is 3.31. The first-order valence-corrected chi connectivity index (χ1v) is 2.31. The number of hydrogen-bond acceptors (Lipinski definition) is 2. The lowest BCUT2D eigenvalue weighted by Crippen LogP contribution is -1.62. The van der Waals surface area contributed by atoms with Gasteiger partial charge in [-0.25, -0.2) is 0 Å². The van der Waals surface area contributed by atoms with Crippen LogP contribution in [0.25, 0.3) is 0 Å². The topological polar surface area (TPSA) is 29.4 Å². The van der Waals surface area contributed by atoms with Gasteiger partial charge in [0.25, 0.3) is 0 Å². The van der Waals surface area contributed by atoms with Crippen LogP contribution in [0.15, 0.2) is 16.9 Å². The number of nitrogens with zero attached hydrogens (tertiary/aromatic N) is 1. The second-order valence-electron chi connectivity index (χ2n) is 1.35. The first kappa shape index (κ1) is 6.34. The standard InChI is InChI=1S/C5H9NO/c1-3-4-5(2)6-7/h4H,3H2,1-2H3. The van der Waals surface area contributed by atoms with Crippen LogP contribution in [0.4, 0.5) is 0 Å². The molecule has 0 aliphatic heterocycles. The van der Waals surface area contributed by atoms with E-state index < -0.39 is 0 Å². The molecule has 0 unspecified atom stereocenters. The fourth-order valence-corrected chi connectivity index (χ4v) is 0.333. The third-order valence-corrected chi connectivity index (χ3v) is 0.644. The van der Waals surface area contributed by atoms with Gasteiger partial charge in [0, 0.05) is 0 Å². The summed E-state index contributed by atoms with van der Waals surface area (Å²) >= 11 is 0. The third kappa shape index (κ3) is 3.16. The van der Waals surface area contributed by atoms with Gasteiger partial charge in [0.05, 0.1) is 5.70 Å². The van der Waals surface area contributed by atoms with Crippen LogP contribution in [-0.4, -0.2) is 0 Å². The van der Waals surface area contributed by atoms with E-state index in [0.29, 0.717) is 5.70 Å². The molecule has 40 valence electrons. The van der Waals surface area contributed by atoms with E-state index >= 15 is 0 Å². The predicted octanol–water partition coefficient (Wildman–Crippen LogP) is 2.07. The Kier molecular flexibility index (Phi) is 3.19. The highest BCUT2D eigenvalue weighted by Gasteiger charge is 1.77. The average molecular weight is 99.1 g/mol. The maximum Gasteiger partial charge on any atom is 0.0778 e. The molecular formula is C5H9NO. The van der Waals surface area contributed by atoms with Gasteiger partial charge in [-0.2, -0.15) is 0 Å². The SMILES string of the molecule is CCC=C(C)N=O. The highest BCUT2D eigenvalue weighted by atomic mass is 16.3. The Morgan fingerprint density at radius 3 is 2.57 bits per heavy atom. The maximum atomic E-state index is 9.58. The second kappa shape index (κ2) is 3.53. The molecule has 0 aliphatic rings. The van der Waals surface area contributed by atoms with Gasteiger partial charge < -0.3 is 0 Å². The Hall–Kier alpha value is -0.660.